The molecule has 198 valence electrons. The third kappa shape index (κ3) is 5.17. The highest BCUT2D eigenvalue weighted by Crippen LogP contribution is 2.31. The molecule has 1 aliphatic heterocycles. The van der Waals surface area contributed by atoms with Crippen molar-refractivity contribution in [2.24, 2.45) is 4.99 Å². The number of thiazole rings is 1. The van der Waals surface area contributed by atoms with E-state index in [1.54, 1.807) is 50.3 Å². The number of esters is 2. The molecule has 3 heterocycles. The molecule has 0 N–H and O–H groups in total. The first-order valence-corrected chi connectivity index (χ1v) is 13.7. The number of benzene rings is 2. The van der Waals surface area contributed by atoms with Gasteiger partial charge in [-0.05, 0) is 55.8 Å². The average molecular weight is 607 g/mol. The Morgan fingerprint density at radius 1 is 1.13 bits per heavy atom. The average Bonchev–Trinajstić information content (AvgIpc) is 3.52. The van der Waals surface area contributed by atoms with Crippen molar-refractivity contribution in [3.63, 3.8) is 0 Å². The Morgan fingerprint density at radius 3 is 2.59 bits per heavy atom. The highest BCUT2D eigenvalue weighted by atomic mass is 79.9. The van der Waals surface area contributed by atoms with Gasteiger partial charge in [-0.3, -0.25) is 9.36 Å². The monoisotopic (exact) mass is 606 g/mol. The van der Waals surface area contributed by atoms with Gasteiger partial charge in [0, 0.05) is 16.1 Å². The van der Waals surface area contributed by atoms with Gasteiger partial charge in [-0.25, -0.2) is 14.6 Å². The van der Waals surface area contributed by atoms with E-state index in [0.717, 1.165) is 10.0 Å². The van der Waals surface area contributed by atoms with Crippen molar-refractivity contribution in [1.29, 1.82) is 0 Å². The highest BCUT2D eigenvalue weighted by Gasteiger charge is 2.33. The van der Waals surface area contributed by atoms with Crippen LogP contribution in [0.5, 0.6) is 0 Å². The van der Waals surface area contributed by atoms with E-state index in [0.29, 0.717) is 37.7 Å². The van der Waals surface area contributed by atoms with Crippen LogP contribution in [0.25, 0.3) is 17.4 Å². The van der Waals surface area contributed by atoms with Gasteiger partial charge in [0.1, 0.15) is 11.5 Å². The second-order valence-electron chi connectivity index (χ2n) is 8.63. The summed E-state index contributed by atoms with van der Waals surface area (Å²) in [5, 5.41) is 0. The molecule has 0 radical (unpaired) electrons. The van der Waals surface area contributed by atoms with Gasteiger partial charge < -0.3 is 13.9 Å². The number of fused-ring (bicyclic) bond motifs is 1. The molecule has 0 amide bonds. The van der Waals surface area contributed by atoms with Crippen LogP contribution < -0.4 is 14.9 Å². The van der Waals surface area contributed by atoms with Gasteiger partial charge >= 0.3 is 11.9 Å². The Hall–Kier alpha value is -4.02. The summed E-state index contributed by atoms with van der Waals surface area (Å²) < 4.78 is 18.9. The second-order valence-corrected chi connectivity index (χ2v) is 10.6. The zero-order chi connectivity index (χ0) is 27.7. The summed E-state index contributed by atoms with van der Waals surface area (Å²) in [4.78, 5) is 43.8. The Kier molecular flexibility index (Phi) is 7.49. The van der Waals surface area contributed by atoms with Gasteiger partial charge in [0.25, 0.3) is 5.56 Å². The van der Waals surface area contributed by atoms with Crippen LogP contribution in [0.2, 0.25) is 0 Å². The fourth-order valence-corrected chi connectivity index (χ4v) is 5.81. The number of carbonyl (C=O) groups is 2. The summed E-state index contributed by atoms with van der Waals surface area (Å²) in [5.41, 5.74) is 2.27. The lowest BCUT2D eigenvalue weighted by Crippen LogP contribution is -2.39. The van der Waals surface area contributed by atoms with E-state index in [-0.39, 0.29) is 17.7 Å². The number of nitrogens with zero attached hydrogens (tertiary/aromatic N) is 2. The lowest BCUT2D eigenvalue weighted by atomic mass is 9.95. The first kappa shape index (κ1) is 26.6. The predicted molar refractivity (Wildman–Crippen MR) is 150 cm³/mol. The zero-order valence-electron chi connectivity index (χ0n) is 21.3. The number of halogens is 1. The molecule has 4 aromatic rings. The van der Waals surface area contributed by atoms with Crippen LogP contribution in [0.3, 0.4) is 0 Å². The normalized spacial score (nSPS) is 15.1. The minimum absolute atomic E-state index is 0.173. The summed E-state index contributed by atoms with van der Waals surface area (Å²) in [6.07, 6.45) is 1.67. The van der Waals surface area contributed by atoms with E-state index in [1.165, 1.54) is 23.0 Å². The Bertz CT molecular complexity index is 1800. The van der Waals surface area contributed by atoms with E-state index in [9.17, 15) is 14.4 Å². The molecular formula is C29H23BrN2O6S. The van der Waals surface area contributed by atoms with Crippen molar-refractivity contribution in [1.82, 2.24) is 4.57 Å². The van der Waals surface area contributed by atoms with Gasteiger partial charge in [0.2, 0.25) is 0 Å². The maximum absolute atomic E-state index is 13.8. The van der Waals surface area contributed by atoms with Gasteiger partial charge in [-0.15, -0.1) is 0 Å². The first-order chi connectivity index (χ1) is 18.8. The van der Waals surface area contributed by atoms with Crippen LogP contribution >= 0.6 is 27.3 Å². The van der Waals surface area contributed by atoms with Crippen LogP contribution in [-0.2, 0) is 14.3 Å². The maximum atomic E-state index is 13.8. The number of hydrogen-bond acceptors (Lipinski definition) is 8. The Labute approximate surface area is 235 Å². The molecule has 5 rings (SSSR count). The zero-order valence-corrected chi connectivity index (χ0v) is 23.7. The van der Waals surface area contributed by atoms with Crippen molar-refractivity contribution < 1.29 is 23.5 Å². The molecule has 39 heavy (non-hydrogen) atoms. The molecule has 1 unspecified atom stereocenters. The van der Waals surface area contributed by atoms with Crippen molar-refractivity contribution in [3.8, 4) is 11.3 Å². The van der Waals surface area contributed by atoms with E-state index < -0.39 is 18.0 Å². The van der Waals surface area contributed by atoms with Gasteiger partial charge in [-0.1, -0.05) is 51.5 Å². The van der Waals surface area contributed by atoms with Crippen molar-refractivity contribution in [3.05, 3.63) is 113 Å². The first-order valence-electron chi connectivity index (χ1n) is 12.0. The minimum atomic E-state index is -0.789. The quantitative estimate of drug-likeness (QED) is 0.297. The summed E-state index contributed by atoms with van der Waals surface area (Å²) in [6.45, 7) is 3.61. The lowest BCUT2D eigenvalue weighted by Gasteiger charge is -2.24. The third-order valence-corrected chi connectivity index (χ3v) is 7.65. The number of rotatable bonds is 6. The van der Waals surface area contributed by atoms with E-state index >= 15 is 0 Å². The van der Waals surface area contributed by atoms with Crippen molar-refractivity contribution >= 4 is 45.3 Å². The van der Waals surface area contributed by atoms with Crippen molar-refractivity contribution in [2.75, 3.05) is 13.7 Å². The molecule has 0 fully saturated rings. The molecule has 8 nitrogen and oxygen atoms in total. The minimum Gasteiger partial charge on any atom is -0.465 e. The number of furan rings is 1. The van der Waals surface area contributed by atoms with E-state index in [1.807, 2.05) is 30.3 Å². The molecule has 1 atom stereocenters. The summed E-state index contributed by atoms with van der Waals surface area (Å²) in [7, 11) is 1.31. The number of carbonyl (C=O) groups excluding carboxylic acids is 2. The fraction of sp³-hybridized carbons (Fsp3) is 0.172. The number of aromatic nitrogens is 1. The molecule has 2 aromatic heterocycles. The second kappa shape index (κ2) is 11.0. The molecule has 1 aliphatic rings. The standard InChI is InChI=1S/C29H23BrN2O6S/c1-4-37-28(35)24-16(2)31-29-32(25(24)17-8-10-18(11-9-17)27(34)36-3)26(33)23(39-29)15-21-12-13-22(38-21)19-6-5-7-20(30)14-19/h5-15,25H,4H2,1-3H3. The molecule has 10 heteroatoms. The van der Waals surface area contributed by atoms with Crippen LogP contribution in [0.15, 0.2) is 90.6 Å². The number of allylic oxidation sites excluding steroid dienone is 1. The molecule has 0 saturated heterocycles. The van der Waals surface area contributed by atoms with E-state index in [4.69, 9.17) is 13.9 Å². The van der Waals surface area contributed by atoms with E-state index in [2.05, 4.69) is 20.9 Å². The smallest absolute Gasteiger partial charge is 0.338 e. The number of methoxy groups -OCH3 is 1. The molecule has 0 spiro atoms. The summed E-state index contributed by atoms with van der Waals surface area (Å²) >= 11 is 4.67. The van der Waals surface area contributed by atoms with Crippen LogP contribution in [0.4, 0.5) is 0 Å². The van der Waals surface area contributed by atoms with Gasteiger partial charge in [-0.2, -0.15) is 0 Å². The van der Waals surface area contributed by atoms with Gasteiger partial charge in [0.05, 0.1) is 41.1 Å². The molecule has 0 aliphatic carbocycles. The SMILES string of the molecule is CCOC(=O)C1=C(C)N=c2sc(=Cc3ccc(-c4cccc(Br)c4)o3)c(=O)n2C1c1ccc(C(=O)OC)cc1. The lowest BCUT2D eigenvalue weighted by molar-refractivity contribution is -0.139. The van der Waals surface area contributed by atoms with Crippen LogP contribution in [0.1, 0.15) is 41.6 Å². The largest absolute Gasteiger partial charge is 0.465 e. The Morgan fingerprint density at radius 2 is 1.90 bits per heavy atom. The van der Waals surface area contributed by atoms with Crippen LogP contribution in [0, 0.1) is 0 Å². The summed E-state index contributed by atoms with van der Waals surface area (Å²) in [5.74, 6) is 0.137. The topological polar surface area (TPSA) is 100 Å². The molecule has 0 saturated carbocycles. The Balaban J connectivity index is 1.62. The number of hydrogen-bond donors (Lipinski definition) is 0. The van der Waals surface area contributed by atoms with Gasteiger partial charge in [0.15, 0.2) is 4.80 Å². The third-order valence-electron chi connectivity index (χ3n) is 6.17. The molecular weight excluding hydrogens is 584 g/mol. The molecule has 0 bridgehead atoms. The summed E-state index contributed by atoms with van der Waals surface area (Å²) in [6, 6.07) is 17.2. The van der Waals surface area contributed by atoms with Crippen LogP contribution in [-0.4, -0.2) is 30.2 Å². The highest BCUT2D eigenvalue weighted by molar-refractivity contribution is 9.10. The predicted octanol–water partition coefficient (Wildman–Crippen LogP) is 4.61. The molecule has 2 aromatic carbocycles. The number of ether oxygens (including phenoxy) is 2. The fourth-order valence-electron chi connectivity index (χ4n) is 4.38. The maximum Gasteiger partial charge on any atom is 0.338 e. The van der Waals surface area contributed by atoms with Crippen molar-refractivity contribution in [2.45, 2.75) is 19.9 Å².